The molecule has 0 aromatic heterocycles. The molecule has 1 unspecified atom stereocenters. The number of hydrogen-bond acceptors (Lipinski definition) is 2. The van der Waals surface area contributed by atoms with Crippen LogP contribution in [-0.4, -0.2) is 25.0 Å². The van der Waals surface area contributed by atoms with Crippen molar-refractivity contribution in [1.82, 2.24) is 0 Å². The Kier molecular flexibility index (Phi) is 9.06. The molecule has 0 radical (unpaired) electrons. The third-order valence-electron chi connectivity index (χ3n) is 2.75. The highest BCUT2D eigenvalue weighted by Crippen LogP contribution is 2.27. The highest BCUT2D eigenvalue weighted by molar-refractivity contribution is 8.03. The molecule has 0 rings (SSSR count). The van der Waals surface area contributed by atoms with E-state index in [1.54, 1.807) is 0 Å². The lowest BCUT2D eigenvalue weighted by molar-refractivity contribution is 0.809. The number of unbranched alkanes of at least 4 members (excludes halogenated alkanes) is 1. The van der Waals surface area contributed by atoms with Crippen LogP contribution in [0.2, 0.25) is 19.6 Å². The quantitative estimate of drug-likeness (QED) is 0.516. The molecule has 96 valence electrons. The Labute approximate surface area is 112 Å². The Morgan fingerprint density at radius 3 is 2.38 bits per heavy atom. The SMILES string of the molecule is C=C(CCCC)SCCC(SC)[Si](C)(C)C. The van der Waals surface area contributed by atoms with Gasteiger partial charge in [0.25, 0.3) is 0 Å². The van der Waals surface area contributed by atoms with Gasteiger partial charge in [-0.1, -0.05) is 39.6 Å². The average Bonchev–Trinajstić information content (AvgIpc) is 2.19. The normalized spacial score (nSPS) is 13.8. The minimum Gasteiger partial charge on any atom is -0.165 e. The lowest BCUT2D eigenvalue weighted by atomic mass is 10.2. The maximum Gasteiger partial charge on any atom is 0.0587 e. The van der Waals surface area contributed by atoms with Crippen molar-refractivity contribution in [2.75, 3.05) is 12.0 Å². The zero-order valence-electron chi connectivity index (χ0n) is 11.6. The van der Waals surface area contributed by atoms with Gasteiger partial charge in [0.05, 0.1) is 8.07 Å². The Bertz CT molecular complexity index is 197. The molecule has 0 saturated carbocycles. The molecule has 0 spiro atoms. The van der Waals surface area contributed by atoms with E-state index in [9.17, 15) is 0 Å². The zero-order chi connectivity index (χ0) is 12.6. The first-order valence-electron chi connectivity index (χ1n) is 6.25. The third-order valence-corrected chi connectivity index (χ3v) is 9.65. The summed E-state index contributed by atoms with van der Waals surface area (Å²) in [5, 5.41) is 0. The Hall–Kier alpha value is 0.657. The summed E-state index contributed by atoms with van der Waals surface area (Å²) in [4.78, 5) is 2.29. The van der Waals surface area contributed by atoms with Crippen LogP contribution in [0.3, 0.4) is 0 Å². The summed E-state index contributed by atoms with van der Waals surface area (Å²) in [6.07, 6.45) is 7.40. The van der Waals surface area contributed by atoms with Crippen LogP contribution in [0.5, 0.6) is 0 Å². The van der Waals surface area contributed by atoms with Gasteiger partial charge in [-0.2, -0.15) is 11.8 Å². The monoisotopic (exact) mass is 276 g/mol. The average molecular weight is 277 g/mol. The summed E-state index contributed by atoms with van der Waals surface area (Å²) >= 11 is 4.06. The Morgan fingerprint density at radius 2 is 1.94 bits per heavy atom. The van der Waals surface area contributed by atoms with Gasteiger partial charge in [0.15, 0.2) is 0 Å². The second kappa shape index (κ2) is 8.70. The molecule has 0 aliphatic carbocycles. The van der Waals surface area contributed by atoms with Crippen LogP contribution in [0.15, 0.2) is 11.5 Å². The predicted octanol–water partition coefficient (Wildman–Crippen LogP) is 5.42. The molecule has 0 amide bonds. The number of thioether (sulfide) groups is 2. The van der Waals surface area contributed by atoms with Crippen LogP contribution in [0.4, 0.5) is 0 Å². The first-order chi connectivity index (χ1) is 7.41. The molecule has 0 fully saturated rings. The molecule has 0 N–H and O–H groups in total. The summed E-state index contributed by atoms with van der Waals surface area (Å²) in [7, 11) is -0.964. The van der Waals surface area contributed by atoms with Crippen molar-refractivity contribution in [2.24, 2.45) is 0 Å². The van der Waals surface area contributed by atoms with Gasteiger partial charge in [-0.25, -0.2) is 0 Å². The summed E-state index contributed by atoms with van der Waals surface area (Å²) in [5.74, 6) is 1.26. The van der Waals surface area contributed by atoms with Gasteiger partial charge in [-0.15, -0.1) is 11.8 Å². The van der Waals surface area contributed by atoms with Crippen LogP contribution in [0, 0.1) is 0 Å². The standard InChI is InChI=1S/C13H28S2Si/c1-7-8-9-12(2)15-11-10-13(14-3)16(4,5)6/h13H,2,7-11H2,1,3-6H3. The van der Waals surface area contributed by atoms with Gasteiger partial charge >= 0.3 is 0 Å². The van der Waals surface area contributed by atoms with Gasteiger partial charge in [0, 0.05) is 0 Å². The van der Waals surface area contributed by atoms with E-state index in [1.807, 2.05) is 11.8 Å². The van der Waals surface area contributed by atoms with Gasteiger partial charge in [0.2, 0.25) is 0 Å². The molecule has 1 atom stereocenters. The first-order valence-corrected chi connectivity index (χ1v) is 12.1. The van der Waals surface area contributed by atoms with Crippen molar-refractivity contribution in [2.45, 2.75) is 57.1 Å². The summed E-state index contributed by atoms with van der Waals surface area (Å²) in [5.41, 5.74) is 0. The summed E-state index contributed by atoms with van der Waals surface area (Å²) < 4.78 is 0. The smallest absolute Gasteiger partial charge is 0.0587 e. The Balaban J connectivity index is 3.75. The van der Waals surface area contributed by atoms with Crippen molar-refractivity contribution in [1.29, 1.82) is 0 Å². The second-order valence-electron chi connectivity index (χ2n) is 5.37. The van der Waals surface area contributed by atoms with E-state index in [2.05, 4.69) is 51.2 Å². The van der Waals surface area contributed by atoms with E-state index in [0.29, 0.717) is 0 Å². The predicted molar refractivity (Wildman–Crippen MR) is 86.4 cm³/mol. The van der Waals surface area contributed by atoms with E-state index >= 15 is 0 Å². The molecule has 0 nitrogen and oxygen atoms in total. The molecule has 0 heterocycles. The van der Waals surface area contributed by atoms with Gasteiger partial charge < -0.3 is 0 Å². The van der Waals surface area contributed by atoms with E-state index < -0.39 is 8.07 Å². The third kappa shape index (κ3) is 7.85. The zero-order valence-corrected chi connectivity index (χ0v) is 14.3. The molecule has 0 saturated heterocycles. The van der Waals surface area contributed by atoms with Crippen molar-refractivity contribution in [3.63, 3.8) is 0 Å². The lowest BCUT2D eigenvalue weighted by Crippen LogP contribution is -2.35. The maximum absolute atomic E-state index is 4.14. The Morgan fingerprint density at radius 1 is 1.31 bits per heavy atom. The van der Waals surface area contributed by atoms with Crippen LogP contribution < -0.4 is 0 Å². The fraction of sp³-hybridized carbons (Fsp3) is 0.846. The van der Waals surface area contributed by atoms with Crippen LogP contribution in [-0.2, 0) is 0 Å². The van der Waals surface area contributed by atoms with Crippen molar-refractivity contribution in [3.05, 3.63) is 11.5 Å². The molecule has 0 bridgehead atoms. The second-order valence-corrected chi connectivity index (χ2v) is 13.5. The summed E-state index contributed by atoms with van der Waals surface area (Å²) in [6.45, 7) is 13.8. The van der Waals surface area contributed by atoms with Crippen molar-refractivity contribution in [3.8, 4) is 0 Å². The molecule has 0 aliphatic rings. The van der Waals surface area contributed by atoms with Crippen LogP contribution >= 0.6 is 23.5 Å². The van der Waals surface area contributed by atoms with Crippen LogP contribution in [0.25, 0.3) is 0 Å². The van der Waals surface area contributed by atoms with E-state index in [-0.39, 0.29) is 0 Å². The number of hydrogen-bond donors (Lipinski definition) is 0. The van der Waals surface area contributed by atoms with Crippen molar-refractivity contribution < 1.29 is 0 Å². The molecule has 0 aliphatic heterocycles. The largest absolute Gasteiger partial charge is 0.165 e. The lowest BCUT2D eigenvalue weighted by Gasteiger charge is -2.27. The maximum atomic E-state index is 4.14. The minimum atomic E-state index is -0.964. The fourth-order valence-corrected chi connectivity index (χ4v) is 7.14. The van der Waals surface area contributed by atoms with E-state index in [4.69, 9.17) is 0 Å². The number of rotatable bonds is 9. The summed E-state index contributed by atoms with van der Waals surface area (Å²) in [6, 6.07) is 0. The van der Waals surface area contributed by atoms with Crippen LogP contribution in [0.1, 0.15) is 32.6 Å². The minimum absolute atomic E-state index is 0.902. The molecular weight excluding hydrogens is 248 g/mol. The van der Waals surface area contributed by atoms with E-state index in [0.717, 1.165) is 4.87 Å². The number of allylic oxidation sites excluding steroid dienone is 1. The first kappa shape index (κ1) is 16.7. The highest BCUT2D eigenvalue weighted by Gasteiger charge is 2.25. The molecular formula is C13H28S2Si. The molecule has 3 heteroatoms. The highest BCUT2D eigenvalue weighted by atomic mass is 32.2. The van der Waals surface area contributed by atoms with Gasteiger partial charge in [-0.05, 0) is 41.0 Å². The van der Waals surface area contributed by atoms with E-state index in [1.165, 1.54) is 36.3 Å². The molecule has 16 heavy (non-hydrogen) atoms. The molecule has 0 aromatic carbocycles. The fourth-order valence-electron chi connectivity index (χ4n) is 1.66. The van der Waals surface area contributed by atoms with Gasteiger partial charge in [-0.3, -0.25) is 0 Å². The molecule has 0 aromatic rings. The topological polar surface area (TPSA) is 0 Å². The van der Waals surface area contributed by atoms with Gasteiger partial charge in [0.1, 0.15) is 0 Å². The van der Waals surface area contributed by atoms with Crippen molar-refractivity contribution >= 4 is 31.6 Å².